The van der Waals surface area contributed by atoms with E-state index >= 15 is 0 Å². The maximum Gasteiger partial charge on any atom is 0.360 e. The molecule has 3 N–H and O–H groups in total. The van der Waals surface area contributed by atoms with Crippen molar-refractivity contribution in [1.29, 1.82) is 0 Å². The van der Waals surface area contributed by atoms with Crippen molar-refractivity contribution in [3.05, 3.63) is 11.5 Å². The van der Waals surface area contributed by atoms with Crippen LogP contribution in [-0.2, 0) is 27.7 Å². The number of nitrogen functional groups attached to an aromatic ring is 1. The molecule has 1 aromatic rings. The first-order chi connectivity index (χ1) is 9.80. The Morgan fingerprint density at radius 1 is 1.43 bits per heavy atom. The third-order valence-corrected chi connectivity index (χ3v) is 3.52. The molecule has 0 amide bonds. The molecule has 0 aliphatic heterocycles. The number of carbonyl (C=O) groups excluding carboxylic acids is 1. The van der Waals surface area contributed by atoms with E-state index in [0.717, 1.165) is 6.26 Å². The molecular weight excluding hydrogens is 296 g/mol. The number of aromatic nitrogens is 2. The van der Waals surface area contributed by atoms with Crippen molar-refractivity contribution in [2.75, 3.05) is 25.1 Å². The number of anilines is 1. The molecular formula is C12H22N4O4S. The lowest BCUT2D eigenvalue weighted by molar-refractivity contribution is 0.0521. The number of nitrogens with zero attached hydrogens (tertiary/aromatic N) is 2. The summed E-state index contributed by atoms with van der Waals surface area (Å²) in [5.74, 6) is 0.386. The van der Waals surface area contributed by atoms with Crippen LogP contribution >= 0.6 is 0 Å². The minimum atomic E-state index is -3.20. The minimum absolute atomic E-state index is 0.116. The van der Waals surface area contributed by atoms with Crippen molar-refractivity contribution in [2.45, 2.75) is 33.2 Å². The van der Waals surface area contributed by atoms with Crippen molar-refractivity contribution < 1.29 is 17.9 Å². The molecule has 0 spiro atoms. The van der Waals surface area contributed by atoms with Gasteiger partial charge in [-0.1, -0.05) is 6.92 Å². The number of nitrogens with two attached hydrogens (primary N) is 1. The number of aryl methyl sites for hydroxylation is 1. The molecule has 0 radical (unpaired) electrons. The molecule has 0 bridgehead atoms. The fourth-order valence-corrected chi connectivity index (χ4v) is 2.39. The number of hydrogen-bond acceptors (Lipinski definition) is 6. The maximum atomic E-state index is 11.7. The Kier molecular flexibility index (Phi) is 6.16. The summed E-state index contributed by atoms with van der Waals surface area (Å²) < 4.78 is 31.0. The van der Waals surface area contributed by atoms with Crippen molar-refractivity contribution in [2.24, 2.45) is 0 Å². The smallest absolute Gasteiger partial charge is 0.360 e. The van der Waals surface area contributed by atoms with Crippen LogP contribution in [0.2, 0.25) is 0 Å². The highest BCUT2D eigenvalue weighted by Crippen LogP contribution is 2.17. The van der Waals surface area contributed by atoms with Crippen LogP contribution in [0.1, 0.15) is 36.6 Å². The van der Waals surface area contributed by atoms with Gasteiger partial charge in [0.05, 0.1) is 12.9 Å². The second kappa shape index (κ2) is 7.41. The van der Waals surface area contributed by atoms with Crippen LogP contribution < -0.4 is 10.5 Å². The van der Waals surface area contributed by atoms with E-state index in [1.54, 1.807) is 11.5 Å². The molecule has 0 aliphatic rings. The fraction of sp³-hybridized carbons (Fsp3) is 0.667. The normalized spacial score (nSPS) is 11.6. The van der Waals surface area contributed by atoms with Crippen LogP contribution in [0, 0.1) is 0 Å². The monoisotopic (exact) mass is 318 g/mol. The topological polar surface area (TPSA) is 116 Å². The molecule has 1 heterocycles. The molecule has 0 saturated heterocycles. The van der Waals surface area contributed by atoms with Crippen molar-refractivity contribution >= 4 is 21.8 Å². The van der Waals surface area contributed by atoms with Gasteiger partial charge < -0.3 is 15.0 Å². The van der Waals surface area contributed by atoms with Crippen molar-refractivity contribution in [3.63, 3.8) is 0 Å². The quantitative estimate of drug-likeness (QED) is 0.520. The summed E-state index contributed by atoms with van der Waals surface area (Å²) in [5, 5.41) is 0. The molecule has 0 saturated carbocycles. The maximum absolute atomic E-state index is 11.7. The Bertz CT molecular complexity index is 595. The molecule has 1 rings (SSSR count). The highest BCUT2D eigenvalue weighted by Gasteiger charge is 2.20. The van der Waals surface area contributed by atoms with Gasteiger partial charge in [0, 0.05) is 19.5 Å². The van der Waals surface area contributed by atoms with Crippen LogP contribution in [0.5, 0.6) is 0 Å². The summed E-state index contributed by atoms with van der Waals surface area (Å²) in [4.78, 5) is 15.9. The number of imidazole rings is 1. The molecule has 8 nitrogen and oxygen atoms in total. The van der Waals surface area contributed by atoms with E-state index in [9.17, 15) is 13.2 Å². The Morgan fingerprint density at radius 3 is 2.62 bits per heavy atom. The first-order valence-electron chi connectivity index (χ1n) is 6.76. The summed E-state index contributed by atoms with van der Waals surface area (Å²) in [6.07, 6.45) is 2.26. The molecule has 1 aromatic heterocycles. The highest BCUT2D eigenvalue weighted by atomic mass is 32.2. The molecule has 0 aliphatic carbocycles. The molecule has 120 valence electrons. The van der Waals surface area contributed by atoms with Gasteiger partial charge in [-0.15, -0.1) is 0 Å². The lowest BCUT2D eigenvalue weighted by Crippen LogP contribution is -2.24. The Hall–Kier alpha value is -1.61. The van der Waals surface area contributed by atoms with E-state index in [-0.39, 0.29) is 18.1 Å². The number of sulfonamides is 1. The molecule has 0 fully saturated rings. The summed E-state index contributed by atoms with van der Waals surface area (Å²) in [5.41, 5.74) is 6.06. The van der Waals surface area contributed by atoms with Crippen LogP contribution in [0.4, 0.5) is 5.82 Å². The predicted octanol–water partition coefficient (Wildman–Crippen LogP) is 0.144. The van der Waals surface area contributed by atoms with Gasteiger partial charge in [0.1, 0.15) is 11.6 Å². The molecule has 0 unspecified atom stereocenters. The van der Waals surface area contributed by atoms with Gasteiger partial charge in [-0.25, -0.2) is 22.9 Å². The first kappa shape index (κ1) is 17.4. The van der Waals surface area contributed by atoms with Gasteiger partial charge in [0.25, 0.3) is 0 Å². The SMILES string of the molecule is CCOC(=O)c1nc(CC)n(CCCNS(C)(=O)=O)c1N. The van der Waals surface area contributed by atoms with E-state index in [4.69, 9.17) is 10.5 Å². The largest absolute Gasteiger partial charge is 0.461 e. The predicted molar refractivity (Wildman–Crippen MR) is 79.4 cm³/mol. The summed E-state index contributed by atoms with van der Waals surface area (Å²) in [7, 11) is -3.20. The summed E-state index contributed by atoms with van der Waals surface area (Å²) in [6, 6.07) is 0. The van der Waals surface area contributed by atoms with Crippen LogP contribution in [0.15, 0.2) is 0 Å². The van der Waals surface area contributed by atoms with Gasteiger partial charge in [-0.3, -0.25) is 0 Å². The van der Waals surface area contributed by atoms with E-state index in [2.05, 4.69) is 9.71 Å². The summed E-state index contributed by atoms with van der Waals surface area (Å²) in [6.45, 7) is 4.65. The van der Waals surface area contributed by atoms with Gasteiger partial charge in [-0.2, -0.15) is 0 Å². The Morgan fingerprint density at radius 2 is 2.10 bits per heavy atom. The highest BCUT2D eigenvalue weighted by molar-refractivity contribution is 7.88. The molecule has 9 heteroatoms. The zero-order valence-electron chi connectivity index (χ0n) is 12.5. The van der Waals surface area contributed by atoms with Crippen LogP contribution in [0.3, 0.4) is 0 Å². The number of rotatable bonds is 8. The first-order valence-corrected chi connectivity index (χ1v) is 8.65. The summed E-state index contributed by atoms with van der Waals surface area (Å²) >= 11 is 0. The van der Waals surface area contributed by atoms with Gasteiger partial charge in [0.15, 0.2) is 5.69 Å². The van der Waals surface area contributed by atoms with Gasteiger partial charge in [-0.05, 0) is 13.3 Å². The van der Waals surface area contributed by atoms with E-state index in [1.807, 2.05) is 6.92 Å². The molecule has 0 atom stereocenters. The standard InChI is InChI=1S/C12H22N4O4S/c1-4-9-15-10(12(17)20-5-2)11(13)16(9)8-6-7-14-21(3,18)19/h14H,4-8,13H2,1-3H3. The second-order valence-corrected chi connectivity index (χ2v) is 6.34. The number of ether oxygens (including phenoxy) is 1. The van der Waals surface area contributed by atoms with Crippen molar-refractivity contribution in [1.82, 2.24) is 14.3 Å². The zero-order chi connectivity index (χ0) is 16.0. The lowest BCUT2D eigenvalue weighted by Gasteiger charge is -2.09. The van der Waals surface area contributed by atoms with Gasteiger partial charge in [0.2, 0.25) is 10.0 Å². The fourth-order valence-electron chi connectivity index (χ4n) is 1.88. The zero-order valence-corrected chi connectivity index (χ0v) is 13.4. The number of esters is 1. The Balaban J connectivity index is 2.79. The molecule has 0 aromatic carbocycles. The minimum Gasteiger partial charge on any atom is -0.461 e. The third-order valence-electron chi connectivity index (χ3n) is 2.79. The molecule has 21 heavy (non-hydrogen) atoms. The third kappa shape index (κ3) is 5.01. The number of carbonyl (C=O) groups is 1. The number of nitrogens with one attached hydrogen (secondary N) is 1. The lowest BCUT2D eigenvalue weighted by atomic mass is 10.4. The van der Waals surface area contributed by atoms with E-state index in [1.165, 1.54) is 0 Å². The second-order valence-electron chi connectivity index (χ2n) is 4.51. The van der Waals surface area contributed by atoms with Crippen LogP contribution in [-0.4, -0.2) is 43.3 Å². The van der Waals surface area contributed by atoms with Crippen LogP contribution in [0.25, 0.3) is 0 Å². The average molecular weight is 318 g/mol. The van der Waals surface area contributed by atoms with Crippen molar-refractivity contribution in [3.8, 4) is 0 Å². The number of hydrogen-bond donors (Lipinski definition) is 2. The van der Waals surface area contributed by atoms with E-state index < -0.39 is 16.0 Å². The Labute approximate surface area is 124 Å². The van der Waals surface area contributed by atoms with Gasteiger partial charge >= 0.3 is 5.97 Å². The average Bonchev–Trinajstić information content (AvgIpc) is 2.71. The van der Waals surface area contributed by atoms with E-state index in [0.29, 0.717) is 31.8 Å².